The first kappa shape index (κ1) is 20.5. The Labute approximate surface area is 162 Å². The van der Waals surface area contributed by atoms with Crippen molar-refractivity contribution < 1.29 is 4.79 Å². The van der Waals surface area contributed by atoms with Gasteiger partial charge in [-0.15, -0.1) is 0 Å². The molecule has 0 heterocycles. The van der Waals surface area contributed by atoms with Crippen molar-refractivity contribution in [3.63, 3.8) is 0 Å². The first-order chi connectivity index (χ1) is 13.1. The Hall–Kier alpha value is -2.82. The largest absolute Gasteiger partial charge is 0.357 e. The summed E-state index contributed by atoms with van der Waals surface area (Å²) in [5, 5.41) is 9.59. The van der Waals surface area contributed by atoms with Gasteiger partial charge in [-0.05, 0) is 49.1 Å². The van der Waals surface area contributed by atoms with Crippen LogP contribution in [-0.4, -0.2) is 18.4 Å². The van der Waals surface area contributed by atoms with Crippen LogP contribution in [0.25, 0.3) is 0 Å². The summed E-state index contributed by atoms with van der Waals surface area (Å²) >= 11 is 0. The molecule has 0 unspecified atom stereocenters. The van der Waals surface area contributed by atoms with Crippen LogP contribution in [0.5, 0.6) is 0 Å². The van der Waals surface area contributed by atoms with E-state index in [4.69, 9.17) is 0 Å². The molecule has 0 saturated carbocycles. The Bertz CT molecular complexity index is 770. The van der Waals surface area contributed by atoms with Crippen molar-refractivity contribution in [3.8, 4) is 0 Å². The van der Waals surface area contributed by atoms with Crippen LogP contribution in [0.3, 0.4) is 0 Å². The van der Waals surface area contributed by atoms with E-state index in [1.165, 1.54) is 11.1 Å². The molecule has 0 aliphatic carbocycles. The topological polar surface area (TPSA) is 65.5 Å². The second kappa shape index (κ2) is 11.0. The van der Waals surface area contributed by atoms with Crippen LogP contribution in [0.4, 0.5) is 5.69 Å². The van der Waals surface area contributed by atoms with Gasteiger partial charge in [0.2, 0.25) is 5.91 Å². The lowest BCUT2D eigenvalue weighted by atomic mass is 10.1. The third-order valence-corrected chi connectivity index (χ3v) is 4.16. The molecule has 5 heteroatoms. The minimum absolute atomic E-state index is 0.0476. The predicted molar refractivity (Wildman–Crippen MR) is 113 cm³/mol. The van der Waals surface area contributed by atoms with Gasteiger partial charge in [-0.25, -0.2) is 4.99 Å². The van der Waals surface area contributed by atoms with Crippen LogP contribution in [0.1, 0.15) is 43.4 Å². The monoisotopic (exact) mass is 366 g/mol. The average molecular weight is 367 g/mol. The summed E-state index contributed by atoms with van der Waals surface area (Å²) < 4.78 is 0. The Morgan fingerprint density at radius 2 is 1.85 bits per heavy atom. The van der Waals surface area contributed by atoms with Crippen LogP contribution in [-0.2, 0) is 17.9 Å². The summed E-state index contributed by atoms with van der Waals surface area (Å²) in [5.74, 6) is 0.826. The minimum Gasteiger partial charge on any atom is -0.357 e. The van der Waals surface area contributed by atoms with E-state index >= 15 is 0 Å². The van der Waals surface area contributed by atoms with Crippen molar-refractivity contribution in [2.75, 3.05) is 11.9 Å². The van der Waals surface area contributed by atoms with E-state index in [0.717, 1.165) is 36.7 Å². The van der Waals surface area contributed by atoms with E-state index < -0.39 is 0 Å². The number of benzene rings is 2. The quantitative estimate of drug-likeness (QED) is 0.489. The molecule has 0 spiro atoms. The van der Waals surface area contributed by atoms with E-state index in [1.54, 1.807) is 0 Å². The molecule has 27 heavy (non-hydrogen) atoms. The lowest BCUT2D eigenvalue weighted by Crippen LogP contribution is -2.36. The van der Waals surface area contributed by atoms with Crippen molar-refractivity contribution in [3.05, 3.63) is 65.2 Å². The van der Waals surface area contributed by atoms with Crippen molar-refractivity contribution >= 4 is 17.6 Å². The molecule has 2 aromatic carbocycles. The second-order valence-electron chi connectivity index (χ2n) is 6.47. The number of carbonyl (C=O) groups excluding carboxylic acids is 1. The van der Waals surface area contributed by atoms with Crippen molar-refractivity contribution in [1.82, 2.24) is 10.6 Å². The van der Waals surface area contributed by atoms with Gasteiger partial charge in [0.05, 0.1) is 6.54 Å². The van der Waals surface area contributed by atoms with Gasteiger partial charge in [0.1, 0.15) is 0 Å². The van der Waals surface area contributed by atoms with Gasteiger partial charge in [-0.2, -0.15) is 0 Å². The molecule has 2 rings (SSSR count). The molecule has 5 nitrogen and oxygen atoms in total. The Kier molecular flexibility index (Phi) is 8.36. The van der Waals surface area contributed by atoms with E-state index in [-0.39, 0.29) is 5.91 Å². The fraction of sp³-hybridized carbons (Fsp3) is 0.364. The van der Waals surface area contributed by atoms with Crippen molar-refractivity contribution in [2.24, 2.45) is 4.99 Å². The fourth-order valence-electron chi connectivity index (χ4n) is 2.70. The molecule has 1 amide bonds. The smallest absolute Gasteiger partial charge is 0.224 e. The summed E-state index contributed by atoms with van der Waals surface area (Å²) in [4.78, 5) is 16.4. The molecule has 0 saturated heterocycles. The van der Waals surface area contributed by atoms with E-state index in [2.05, 4.69) is 46.9 Å². The Morgan fingerprint density at radius 3 is 2.59 bits per heavy atom. The van der Waals surface area contributed by atoms with Gasteiger partial charge in [0.25, 0.3) is 0 Å². The number of aliphatic imine (C=N–C) groups is 1. The number of amides is 1. The zero-order chi connectivity index (χ0) is 19.5. The van der Waals surface area contributed by atoms with Crippen molar-refractivity contribution in [2.45, 2.75) is 46.7 Å². The molecule has 0 aromatic heterocycles. The first-order valence-electron chi connectivity index (χ1n) is 9.57. The number of hydrogen-bond donors (Lipinski definition) is 3. The highest BCUT2D eigenvalue weighted by molar-refractivity contribution is 5.90. The third-order valence-electron chi connectivity index (χ3n) is 4.16. The highest BCUT2D eigenvalue weighted by atomic mass is 16.1. The number of anilines is 1. The Balaban J connectivity index is 1.99. The lowest BCUT2D eigenvalue weighted by Gasteiger charge is -2.13. The van der Waals surface area contributed by atoms with Gasteiger partial charge in [0.15, 0.2) is 5.96 Å². The molecule has 0 aliphatic heterocycles. The number of carbonyl (C=O) groups is 1. The van der Waals surface area contributed by atoms with Gasteiger partial charge in [0, 0.05) is 25.2 Å². The SMILES string of the molecule is CCCC(=O)Nc1cccc(CN=C(NCC)NCc2ccccc2C)c1. The van der Waals surface area contributed by atoms with Gasteiger partial charge in [-0.1, -0.05) is 43.3 Å². The summed E-state index contributed by atoms with van der Waals surface area (Å²) in [6.45, 7) is 8.23. The highest BCUT2D eigenvalue weighted by Crippen LogP contribution is 2.12. The van der Waals surface area contributed by atoms with Crippen LogP contribution < -0.4 is 16.0 Å². The number of hydrogen-bond acceptors (Lipinski definition) is 2. The predicted octanol–water partition coefficient (Wildman–Crippen LogP) is 3.99. The van der Waals surface area contributed by atoms with Gasteiger partial charge >= 0.3 is 0 Å². The molecule has 0 radical (unpaired) electrons. The van der Waals surface area contributed by atoms with Crippen LogP contribution in [0, 0.1) is 6.92 Å². The Morgan fingerprint density at radius 1 is 1.04 bits per heavy atom. The molecule has 0 fully saturated rings. The molecule has 3 N–H and O–H groups in total. The normalized spacial score (nSPS) is 11.1. The number of rotatable bonds is 8. The number of guanidine groups is 1. The molecule has 144 valence electrons. The third kappa shape index (κ3) is 7.13. The number of nitrogens with one attached hydrogen (secondary N) is 3. The molecule has 0 atom stereocenters. The molecular formula is C22H30N4O. The maximum Gasteiger partial charge on any atom is 0.224 e. The minimum atomic E-state index is 0.0476. The average Bonchev–Trinajstić information content (AvgIpc) is 2.65. The summed E-state index contributed by atoms with van der Waals surface area (Å²) in [7, 11) is 0. The molecule has 2 aromatic rings. The van der Waals surface area contributed by atoms with E-state index in [0.29, 0.717) is 13.0 Å². The highest BCUT2D eigenvalue weighted by Gasteiger charge is 2.03. The zero-order valence-corrected chi connectivity index (χ0v) is 16.5. The maximum absolute atomic E-state index is 11.8. The van der Waals surface area contributed by atoms with E-state index in [9.17, 15) is 4.79 Å². The van der Waals surface area contributed by atoms with Gasteiger partial charge < -0.3 is 16.0 Å². The zero-order valence-electron chi connectivity index (χ0n) is 16.5. The molecule has 0 aliphatic rings. The standard InChI is InChI=1S/C22H30N4O/c1-4-9-21(27)26-20-13-8-11-18(14-20)15-24-22(23-5-2)25-16-19-12-7-6-10-17(19)3/h6-8,10-14H,4-5,9,15-16H2,1-3H3,(H,26,27)(H2,23,24,25). The number of nitrogens with zero attached hydrogens (tertiary/aromatic N) is 1. The fourth-order valence-corrected chi connectivity index (χ4v) is 2.70. The van der Waals surface area contributed by atoms with Crippen LogP contribution in [0.15, 0.2) is 53.5 Å². The summed E-state index contributed by atoms with van der Waals surface area (Å²) in [6, 6.07) is 16.2. The number of aryl methyl sites for hydroxylation is 1. The summed E-state index contributed by atoms with van der Waals surface area (Å²) in [5.41, 5.74) is 4.39. The molecular weight excluding hydrogens is 336 g/mol. The maximum atomic E-state index is 11.8. The molecule has 0 bridgehead atoms. The second-order valence-corrected chi connectivity index (χ2v) is 6.47. The summed E-state index contributed by atoms with van der Waals surface area (Å²) in [6.07, 6.45) is 1.38. The van der Waals surface area contributed by atoms with Crippen LogP contribution >= 0.6 is 0 Å². The van der Waals surface area contributed by atoms with E-state index in [1.807, 2.05) is 43.3 Å². The van der Waals surface area contributed by atoms with Crippen LogP contribution in [0.2, 0.25) is 0 Å². The van der Waals surface area contributed by atoms with Gasteiger partial charge in [-0.3, -0.25) is 4.79 Å². The lowest BCUT2D eigenvalue weighted by molar-refractivity contribution is -0.116. The van der Waals surface area contributed by atoms with Crippen molar-refractivity contribution in [1.29, 1.82) is 0 Å². The first-order valence-corrected chi connectivity index (χ1v) is 9.57.